The van der Waals surface area contributed by atoms with Crippen molar-refractivity contribution in [3.8, 4) is 5.69 Å². The zero-order valence-electron chi connectivity index (χ0n) is 17.4. The molecule has 8 nitrogen and oxygen atoms in total. The number of carbonyl (C=O) groups is 2. The van der Waals surface area contributed by atoms with Crippen LogP contribution >= 0.6 is 11.3 Å². The number of ether oxygens (including phenoxy) is 1. The van der Waals surface area contributed by atoms with Crippen LogP contribution in [0.4, 0.5) is 10.5 Å². The maximum Gasteiger partial charge on any atom is 0.358 e. The highest BCUT2D eigenvalue weighted by atomic mass is 32.1. The minimum Gasteiger partial charge on any atom is -0.461 e. The topological polar surface area (TPSA) is 79.7 Å². The molecule has 1 N–H and O–H groups in total. The van der Waals surface area contributed by atoms with Gasteiger partial charge in [-0.05, 0) is 42.6 Å². The lowest BCUT2D eigenvalue weighted by molar-refractivity contribution is 0.0519. The standard InChI is InChI=1S/C22H25N5O3S/c1-2-30-21(28)20-8-9-27(24-20)18-6-3-5-17(15-18)23-22(29)26-12-10-25(11-13-26)16-19-7-4-14-31-19/h3-9,14-15H,2,10-13,16H2,1H3,(H,23,29). The molecule has 3 aromatic rings. The third-order valence-corrected chi connectivity index (χ3v) is 5.92. The number of carbonyl (C=O) groups excluding carboxylic acids is 2. The van der Waals surface area contributed by atoms with Gasteiger partial charge in [0.15, 0.2) is 5.69 Å². The Labute approximate surface area is 185 Å². The number of hydrogen-bond acceptors (Lipinski definition) is 6. The molecule has 4 rings (SSSR count). The molecule has 0 spiro atoms. The van der Waals surface area contributed by atoms with Gasteiger partial charge >= 0.3 is 12.0 Å². The summed E-state index contributed by atoms with van der Waals surface area (Å²) in [6, 6.07) is 13.1. The molecule has 0 bridgehead atoms. The molecule has 1 aromatic carbocycles. The maximum atomic E-state index is 12.7. The first-order valence-electron chi connectivity index (χ1n) is 10.3. The largest absolute Gasteiger partial charge is 0.461 e. The molecule has 0 atom stereocenters. The number of urea groups is 1. The van der Waals surface area contributed by atoms with Crippen LogP contribution < -0.4 is 5.32 Å². The van der Waals surface area contributed by atoms with E-state index in [1.807, 2.05) is 29.2 Å². The van der Waals surface area contributed by atoms with E-state index in [2.05, 4.69) is 32.8 Å². The quantitative estimate of drug-likeness (QED) is 0.595. The molecule has 1 aliphatic rings. The van der Waals surface area contributed by atoms with Gasteiger partial charge in [0.05, 0.1) is 12.3 Å². The van der Waals surface area contributed by atoms with Crippen LogP contribution in [0, 0.1) is 0 Å². The summed E-state index contributed by atoms with van der Waals surface area (Å²) in [6.07, 6.45) is 1.69. The molecular formula is C22H25N5O3S. The van der Waals surface area contributed by atoms with Crippen molar-refractivity contribution >= 4 is 29.0 Å². The van der Waals surface area contributed by atoms with Gasteiger partial charge in [-0.15, -0.1) is 11.3 Å². The Kier molecular flexibility index (Phi) is 6.63. The third kappa shape index (κ3) is 5.31. The number of piperazine rings is 1. The smallest absolute Gasteiger partial charge is 0.358 e. The highest BCUT2D eigenvalue weighted by molar-refractivity contribution is 7.09. The Morgan fingerprint density at radius 1 is 1.13 bits per heavy atom. The van der Waals surface area contributed by atoms with Gasteiger partial charge in [-0.2, -0.15) is 5.10 Å². The number of hydrogen-bond donors (Lipinski definition) is 1. The van der Waals surface area contributed by atoms with Gasteiger partial charge in [0.25, 0.3) is 0 Å². The van der Waals surface area contributed by atoms with Crippen LogP contribution in [0.2, 0.25) is 0 Å². The Hall–Kier alpha value is -3.17. The molecule has 31 heavy (non-hydrogen) atoms. The molecule has 2 amide bonds. The molecule has 2 aromatic heterocycles. The SMILES string of the molecule is CCOC(=O)c1ccn(-c2cccc(NC(=O)N3CCN(Cc4cccs4)CC3)c2)n1. The van der Waals surface area contributed by atoms with Gasteiger partial charge in [0.1, 0.15) is 0 Å². The second-order valence-corrected chi connectivity index (χ2v) is 8.22. The molecule has 3 heterocycles. The third-order valence-electron chi connectivity index (χ3n) is 5.05. The van der Waals surface area contributed by atoms with E-state index >= 15 is 0 Å². The van der Waals surface area contributed by atoms with Gasteiger partial charge in [0, 0.05) is 49.5 Å². The monoisotopic (exact) mass is 439 g/mol. The van der Waals surface area contributed by atoms with E-state index < -0.39 is 5.97 Å². The van der Waals surface area contributed by atoms with Crippen LogP contribution in [0.5, 0.6) is 0 Å². The van der Waals surface area contributed by atoms with Gasteiger partial charge in [-0.1, -0.05) is 12.1 Å². The minimum atomic E-state index is -0.455. The summed E-state index contributed by atoms with van der Waals surface area (Å²) in [5, 5.41) is 9.32. The lowest BCUT2D eigenvalue weighted by Gasteiger charge is -2.34. The second-order valence-electron chi connectivity index (χ2n) is 7.19. The normalized spacial score (nSPS) is 14.4. The van der Waals surface area contributed by atoms with Crippen molar-refractivity contribution in [2.75, 3.05) is 38.1 Å². The molecule has 0 radical (unpaired) electrons. The van der Waals surface area contributed by atoms with Crippen LogP contribution in [0.25, 0.3) is 5.69 Å². The minimum absolute atomic E-state index is 0.111. The van der Waals surface area contributed by atoms with E-state index in [0.717, 1.165) is 25.3 Å². The predicted octanol–water partition coefficient (Wildman–Crippen LogP) is 3.46. The summed E-state index contributed by atoms with van der Waals surface area (Å²) in [4.78, 5) is 30.1. The van der Waals surface area contributed by atoms with Crippen molar-refractivity contribution in [3.05, 3.63) is 64.6 Å². The molecule has 0 unspecified atom stereocenters. The fourth-order valence-corrected chi connectivity index (χ4v) is 4.19. The molecule has 1 aliphatic heterocycles. The average Bonchev–Trinajstić information content (AvgIpc) is 3.47. The zero-order valence-corrected chi connectivity index (χ0v) is 18.2. The fourth-order valence-electron chi connectivity index (χ4n) is 3.44. The van der Waals surface area contributed by atoms with E-state index in [-0.39, 0.29) is 11.7 Å². The van der Waals surface area contributed by atoms with Crippen LogP contribution in [0.15, 0.2) is 54.0 Å². The second kappa shape index (κ2) is 9.76. The van der Waals surface area contributed by atoms with Crippen molar-refractivity contribution in [2.45, 2.75) is 13.5 Å². The van der Waals surface area contributed by atoms with E-state index in [1.165, 1.54) is 4.88 Å². The van der Waals surface area contributed by atoms with Crippen molar-refractivity contribution in [2.24, 2.45) is 0 Å². The summed E-state index contributed by atoms with van der Waals surface area (Å²) in [6.45, 7) is 6.09. The lowest BCUT2D eigenvalue weighted by atomic mass is 10.2. The van der Waals surface area contributed by atoms with Crippen LogP contribution in [0.3, 0.4) is 0 Å². The van der Waals surface area contributed by atoms with Gasteiger partial charge in [-0.3, -0.25) is 4.90 Å². The number of amides is 2. The molecular weight excluding hydrogens is 414 g/mol. The van der Waals surface area contributed by atoms with Crippen LogP contribution in [-0.2, 0) is 11.3 Å². The van der Waals surface area contributed by atoms with E-state index in [1.54, 1.807) is 35.2 Å². The van der Waals surface area contributed by atoms with Crippen molar-refractivity contribution in [3.63, 3.8) is 0 Å². The van der Waals surface area contributed by atoms with Gasteiger partial charge in [0.2, 0.25) is 0 Å². The summed E-state index contributed by atoms with van der Waals surface area (Å²) in [5.41, 5.74) is 1.67. The van der Waals surface area contributed by atoms with Crippen molar-refractivity contribution in [1.82, 2.24) is 19.6 Å². The highest BCUT2D eigenvalue weighted by Gasteiger charge is 2.21. The number of rotatable bonds is 6. The van der Waals surface area contributed by atoms with E-state index in [4.69, 9.17) is 4.74 Å². The lowest BCUT2D eigenvalue weighted by Crippen LogP contribution is -2.49. The zero-order chi connectivity index (χ0) is 21.6. The number of esters is 1. The first-order valence-corrected chi connectivity index (χ1v) is 11.1. The number of nitrogens with one attached hydrogen (secondary N) is 1. The average molecular weight is 440 g/mol. The van der Waals surface area contributed by atoms with Crippen LogP contribution in [-0.4, -0.2) is 64.4 Å². The first-order chi connectivity index (χ1) is 15.1. The number of benzene rings is 1. The van der Waals surface area contributed by atoms with Crippen molar-refractivity contribution in [1.29, 1.82) is 0 Å². The van der Waals surface area contributed by atoms with Crippen molar-refractivity contribution < 1.29 is 14.3 Å². The van der Waals surface area contributed by atoms with Gasteiger partial charge < -0.3 is 15.0 Å². The Balaban J connectivity index is 1.34. The van der Waals surface area contributed by atoms with Gasteiger partial charge in [-0.25, -0.2) is 14.3 Å². The highest BCUT2D eigenvalue weighted by Crippen LogP contribution is 2.17. The number of anilines is 1. The van der Waals surface area contributed by atoms with E-state index in [0.29, 0.717) is 25.4 Å². The Morgan fingerprint density at radius 3 is 2.71 bits per heavy atom. The molecule has 1 saturated heterocycles. The first kappa shape index (κ1) is 21.1. The summed E-state index contributed by atoms with van der Waals surface area (Å²) >= 11 is 1.76. The fraction of sp³-hybridized carbons (Fsp3) is 0.318. The molecule has 9 heteroatoms. The molecule has 0 saturated carbocycles. The van der Waals surface area contributed by atoms with E-state index in [9.17, 15) is 9.59 Å². The number of nitrogens with zero attached hydrogens (tertiary/aromatic N) is 4. The molecule has 0 aliphatic carbocycles. The molecule has 162 valence electrons. The predicted molar refractivity (Wildman–Crippen MR) is 120 cm³/mol. The molecule has 1 fully saturated rings. The maximum absolute atomic E-state index is 12.7. The summed E-state index contributed by atoms with van der Waals surface area (Å²) in [7, 11) is 0. The number of thiophene rings is 1. The summed E-state index contributed by atoms with van der Waals surface area (Å²) in [5.74, 6) is -0.455. The summed E-state index contributed by atoms with van der Waals surface area (Å²) < 4.78 is 6.57. The van der Waals surface area contributed by atoms with Crippen LogP contribution in [0.1, 0.15) is 22.3 Å². The Bertz CT molecular complexity index is 1030. The number of aromatic nitrogens is 2. The Morgan fingerprint density at radius 2 is 1.97 bits per heavy atom.